The first kappa shape index (κ1) is 27.6. The Bertz CT molecular complexity index is 1400. The highest BCUT2D eigenvalue weighted by atomic mass is 31.2. The average molecular weight is 537 g/mol. The SMILES string of the molecule is C[C@H](NP(=O)(OC[C@@]1(N=[N+]=[N-])O[C@@H](n2c(=O)cc[nH]c2=O)[C@H](O)[C@@H]1O)Oc1cccc(C#N)c1)C(=O)O. The van der Waals surface area contributed by atoms with E-state index >= 15 is 0 Å². The lowest BCUT2D eigenvalue weighted by Gasteiger charge is -2.29. The van der Waals surface area contributed by atoms with E-state index < -0.39 is 61.8 Å². The molecule has 0 amide bonds. The number of ether oxygens (including phenoxy) is 1. The minimum Gasteiger partial charge on any atom is -0.480 e. The number of aliphatic hydroxyl groups is 2. The monoisotopic (exact) mass is 537 g/mol. The number of H-pyrrole nitrogens is 1. The maximum atomic E-state index is 13.5. The van der Waals surface area contributed by atoms with Gasteiger partial charge in [-0.3, -0.25) is 14.1 Å². The normalized spacial score (nSPS) is 25.3. The molecule has 37 heavy (non-hydrogen) atoms. The molecule has 3 rings (SSSR count). The fourth-order valence-electron chi connectivity index (χ4n) is 3.28. The van der Waals surface area contributed by atoms with Crippen LogP contribution < -0.4 is 20.9 Å². The van der Waals surface area contributed by atoms with Crippen LogP contribution in [0.25, 0.3) is 10.4 Å². The zero-order chi connectivity index (χ0) is 27.4. The van der Waals surface area contributed by atoms with Crippen molar-refractivity contribution in [2.24, 2.45) is 5.11 Å². The second-order valence-electron chi connectivity index (χ2n) is 7.66. The number of aliphatic hydroxyl groups excluding tert-OH is 2. The standard InChI is InChI=1S/C19H20N7O10P/c1-10(17(30)31)23-37(33,36-12-4-2-3-11(7-12)8-20)34-9-19(24-25-21)15(29)14(28)16(35-19)26-13(27)5-6-22-18(26)32/h2-7,10,14-16,28-29H,9H2,1H3,(H,22,32)(H,23,33)(H,30,31)/t10-,14+,15-,16+,19+,37?/m0/s1. The van der Waals surface area contributed by atoms with Gasteiger partial charge < -0.3 is 29.6 Å². The average Bonchev–Trinajstić information content (AvgIpc) is 3.08. The fraction of sp³-hybridized carbons (Fsp3) is 0.368. The summed E-state index contributed by atoms with van der Waals surface area (Å²) in [6.07, 6.45) is -4.95. The van der Waals surface area contributed by atoms with Crippen LogP contribution in [0, 0.1) is 11.3 Å². The van der Waals surface area contributed by atoms with Crippen LogP contribution in [0.3, 0.4) is 0 Å². The number of nitrogens with zero attached hydrogens (tertiary/aromatic N) is 5. The molecule has 1 saturated heterocycles. The molecule has 2 heterocycles. The van der Waals surface area contributed by atoms with Crippen LogP contribution in [0.4, 0.5) is 0 Å². The lowest BCUT2D eigenvalue weighted by atomic mass is 10.1. The third kappa shape index (κ3) is 5.88. The van der Waals surface area contributed by atoms with E-state index in [9.17, 15) is 34.3 Å². The molecule has 1 unspecified atom stereocenters. The molecule has 0 aliphatic carbocycles. The zero-order valence-corrected chi connectivity index (χ0v) is 19.8. The number of benzene rings is 1. The van der Waals surface area contributed by atoms with Gasteiger partial charge in [0.1, 0.15) is 24.0 Å². The quantitative estimate of drug-likeness (QED) is 0.115. The van der Waals surface area contributed by atoms with Crippen molar-refractivity contribution < 1.29 is 38.5 Å². The number of rotatable bonds is 10. The lowest BCUT2D eigenvalue weighted by Crippen LogP contribution is -2.45. The number of carboxylic acids is 1. The van der Waals surface area contributed by atoms with Crippen molar-refractivity contribution in [3.63, 3.8) is 0 Å². The zero-order valence-electron chi connectivity index (χ0n) is 18.9. The maximum absolute atomic E-state index is 13.5. The van der Waals surface area contributed by atoms with Crippen LogP contribution in [0.5, 0.6) is 5.75 Å². The molecule has 0 saturated carbocycles. The Morgan fingerprint density at radius 1 is 1.46 bits per heavy atom. The highest BCUT2D eigenvalue weighted by Crippen LogP contribution is 2.48. The van der Waals surface area contributed by atoms with E-state index in [2.05, 4.69) is 20.1 Å². The first-order chi connectivity index (χ1) is 17.4. The van der Waals surface area contributed by atoms with Gasteiger partial charge in [0.2, 0.25) is 5.72 Å². The molecule has 2 aromatic rings. The number of aliphatic carboxylic acids is 1. The summed E-state index contributed by atoms with van der Waals surface area (Å²) in [5, 5.41) is 44.9. The Morgan fingerprint density at radius 3 is 2.81 bits per heavy atom. The Labute approximate surface area is 206 Å². The number of azide groups is 1. The third-order valence-electron chi connectivity index (χ3n) is 5.11. The second-order valence-corrected chi connectivity index (χ2v) is 9.35. The molecule has 0 radical (unpaired) electrons. The second kappa shape index (κ2) is 10.9. The number of carbonyl (C=O) groups is 1. The predicted molar refractivity (Wildman–Crippen MR) is 121 cm³/mol. The molecule has 18 heteroatoms. The molecule has 5 N–H and O–H groups in total. The van der Waals surface area contributed by atoms with Gasteiger partial charge in [0, 0.05) is 17.2 Å². The van der Waals surface area contributed by atoms with E-state index in [1.54, 1.807) is 0 Å². The van der Waals surface area contributed by atoms with Crippen LogP contribution >= 0.6 is 7.75 Å². The topological polar surface area (TPSA) is 262 Å². The molecule has 1 aliphatic heterocycles. The highest BCUT2D eigenvalue weighted by Gasteiger charge is 2.57. The molecular weight excluding hydrogens is 517 g/mol. The number of hydrogen-bond acceptors (Lipinski definition) is 11. The van der Waals surface area contributed by atoms with Gasteiger partial charge in [-0.15, -0.1) is 0 Å². The molecular formula is C19H20N7O10P. The van der Waals surface area contributed by atoms with Gasteiger partial charge in [-0.25, -0.2) is 13.9 Å². The summed E-state index contributed by atoms with van der Waals surface area (Å²) in [6, 6.07) is 6.54. The van der Waals surface area contributed by atoms with Crippen LogP contribution in [-0.2, 0) is 18.6 Å². The van der Waals surface area contributed by atoms with Gasteiger partial charge in [-0.2, -0.15) is 10.3 Å². The van der Waals surface area contributed by atoms with Gasteiger partial charge in [-0.05, 0) is 30.7 Å². The summed E-state index contributed by atoms with van der Waals surface area (Å²) >= 11 is 0. The Balaban J connectivity index is 1.96. The number of aromatic nitrogens is 2. The van der Waals surface area contributed by atoms with Crippen molar-refractivity contribution in [1.82, 2.24) is 14.6 Å². The summed E-state index contributed by atoms with van der Waals surface area (Å²) < 4.78 is 29.9. The van der Waals surface area contributed by atoms with Crippen LogP contribution in [0.1, 0.15) is 18.7 Å². The smallest absolute Gasteiger partial charge is 0.459 e. The van der Waals surface area contributed by atoms with E-state index in [1.807, 2.05) is 6.07 Å². The summed E-state index contributed by atoms with van der Waals surface area (Å²) in [5.41, 5.74) is 4.68. The van der Waals surface area contributed by atoms with Gasteiger partial charge in [0.15, 0.2) is 6.23 Å². The third-order valence-corrected chi connectivity index (χ3v) is 6.74. The molecule has 1 aromatic carbocycles. The number of hydrogen-bond donors (Lipinski definition) is 5. The predicted octanol–water partition coefficient (Wildman–Crippen LogP) is -0.0681. The number of carboxylic acid groups (broad SMARTS) is 1. The summed E-state index contributed by atoms with van der Waals surface area (Å²) in [7, 11) is -4.69. The molecule has 17 nitrogen and oxygen atoms in total. The van der Waals surface area contributed by atoms with Gasteiger partial charge in [-0.1, -0.05) is 11.2 Å². The Morgan fingerprint density at radius 2 is 2.19 bits per heavy atom. The van der Waals surface area contributed by atoms with E-state index in [-0.39, 0.29) is 11.3 Å². The van der Waals surface area contributed by atoms with Crippen molar-refractivity contribution in [2.75, 3.05) is 6.61 Å². The number of aromatic amines is 1. The Hall–Kier alpha value is -4.00. The largest absolute Gasteiger partial charge is 0.480 e. The van der Waals surface area contributed by atoms with Gasteiger partial charge >= 0.3 is 19.4 Å². The summed E-state index contributed by atoms with van der Waals surface area (Å²) in [6.45, 7) is 0.00519. The molecule has 196 valence electrons. The first-order valence-electron chi connectivity index (χ1n) is 10.3. The van der Waals surface area contributed by atoms with Crippen molar-refractivity contribution in [1.29, 1.82) is 5.26 Å². The van der Waals surface area contributed by atoms with Gasteiger partial charge in [0.05, 0.1) is 18.2 Å². The van der Waals surface area contributed by atoms with Crippen LogP contribution in [-0.4, -0.2) is 61.4 Å². The molecule has 6 atom stereocenters. The van der Waals surface area contributed by atoms with Crippen molar-refractivity contribution in [3.8, 4) is 11.8 Å². The van der Waals surface area contributed by atoms with Crippen molar-refractivity contribution >= 4 is 13.7 Å². The van der Waals surface area contributed by atoms with E-state index in [4.69, 9.17) is 24.6 Å². The fourth-order valence-corrected chi connectivity index (χ4v) is 4.79. The van der Waals surface area contributed by atoms with E-state index in [0.717, 1.165) is 19.2 Å². The first-order valence-corrected chi connectivity index (χ1v) is 11.8. The summed E-state index contributed by atoms with van der Waals surface area (Å²) in [4.78, 5) is 40.4. The minimum atomic E-state index is -4.69. The molecule has 1 aliphatic rings. The van der Waals surface area contributed by atoms with Crippen LogP contribution in [0.2, 0.25) is 0 Å². The number of nitrogens with one attached hydrogen (secondary N) is 2. The van der Waals surface area contributed by atoms with Crippen molar-refractivity contribution in [2.45, 2.75) is 37.1 Å². The summed E-state index contributed by atoms with van der Waals surface area (Å²) in [5.74, 6) is -1.61. The van der Waals surface area contributed by atoms with E-state index in [1.165, 1.54) is 24.3 Å². The van der Waals surface area contributed by atoms with Crippen LogP contribution in [0.15, 0.2) is 51.2 Å². The molecule has 1 aromatic heterocycles. The van der Waals surface area contributed by atoms with Gasteiger partial charge in [0.25, 0.3) is 5.56 Å². The Kier molecular flexibility index (Phi) is 8.16. The highest BCUT2D eigenvalue weighted by molar-refractivity contribution is 7.52. The number of nitriles is 1. The molecule has 0 bridgehead atoms. The lowest BCUT2D eigenvalue weighted by molar-refractivity contribution is -0.138. The maximum Gasteiger partial charge on any atom is 0.459 e. The van der Waals surface area contributed by atoms with Crippen molar-refractivity contribution in [3.05, 3.63) is 73.4 Å². The van der Waals surface area contributed by atoms with E-state index in [0.29, 0.717) is 4.57 Å². The molecule has 0 spiro atoms. The minimum absolute atomic E-state index is 0.111. The molecule has 1 fully saturated rings.